The van der Waals surface area contributed by atoms with Gasteiger partial charge in [-0.15, -0.1) is 0 Å². The summed E-state index contributed by atoms with van der Waals surface area (Å²) in [5, 5.41) is 7.22. The van der Waals surface area contributed by atoms with Crippen LogP contribution < -0.4 is 16.3 Å². The monoisotopic (exact) mass is 479 g/mol. The van der Waals surface area contributed by atoms with Crippen LogP contribution in [0.15, 0.2) is 53.5 Å². The van der Waals surface area contributed by atoms with Crippen LogP contribution in [-0.4, -0.2) is 34.0 Å². The van der Waals surface area contributed by atoms with Crippen LogP contribution in [0.25, 0.3) is 11.1 Å². The predicted molar refractivity (Wildman–Crippen MR) is 135 cm³/mol. The minimum atomic E-state index is -0.594. The third kappa shape index (κ3) is 4.17. The van der Waals surface area contributed by atoms with Gasteiger partial charge in [-0.05, 0) is 57.9 Å². The van der Waals surface area contributed by atoms with E-state index in [-0.39, 0.29) is 5.56 Å². The van der Waals surface area contributed by atoms with E-state index in [9.17, 15) is 9.59 Å². The van der Waals surface area contributed by atoms with Gasteiger partial charge >= 0.3 is 7.12 Å². The molecule has 1 N–H and O–H groups in total. The molecule has 3 aromatic rings. The molecule has 7 nitrogen and oxygen atoms in total. The number of benzene rings is 2. The molecule has 0 saturated carbocycles. The Bertz CT molecular complexity index is 1320. The standard InChI is InChI=1S/C25H27BClN3O4/c1-15-16(9-8-12-20(15)29-22(31)18-13-14-28-30(6)23(18)32)17-10-7-11-19(21(17)27)26-33-24(2,3)25(4,5)34-26/h7-14H,1-6H3,(H,29,31). The molecule has 9 heteroatoms. The van der Waals surface area contributed by atoms with Crippen molar-refractivity contribution in [3.8, 4) is 11.1 Å². The largest absolute Gasteiger partial charge is 0.496 e. The Morgan fingerprint density at radius 2 is 1.65 bits per heavy atom. The lowest BCUT2D eigenvalue weighted by molar-refractivity contribution is 0.00578. The maximum atomic E-state index is 12.8. The lowest BCUT2D eigenvalue weighted by Crippen LogP contribution is -2.41. The number of anilines is 1. The molecule has 0 aliphatic carbocycles. The fourth-order valence-electron chi connectivity index (χ4n) is 3.84. The summed E-state index contributed by atoms with van der Waals surface area (Å²) in [6, 6.07) is 12.7. The number of carbonyl (C=O) groups excluding carboxylic acids is 1. The molecule has 2 aromatic carbocycles. The second-order valence-electron chi connectivity index (χ2n) is 9.40. The van der Waals surface area contributed by atoms with Crippen molar-refractivity contribution < 1.29 is 14.1 Å². The summed E-state index contributed by atoms with van der Waals surface area (Å²) in [4.78, 5) is 25.1. The van der Waals surface area contributed by atoms with Crippen LogP contribution in [-0.2, 0) is 16.4 Å². The summed E-state index contributed by atoms with van der Waals surface area (Å²) in [5.74, 6) is -0.500. The quantitative estimate of drug-likeness (QED) is 0.573. The first-order valence-corrected chi connectivity index (χ1v) is 11.4. The summed E-state index contributed by atoms with van der Waals surface area (Å²) in [5.41, 5.74) is 2.36. The second-order valence-corrected chi connectivity index (χ2v) is 9.78. The minimum Gasteiger partial charge on any atom is -0.399 e. The Morgan fingerprint density at radius 1 is 1.03 bits per heavy atom. The SMILES string of the molecule is Cc1c(NC(=O)c2ccnn(C)c2=O)cccc1-c1cccc(B2OC(C)(C)C(C)(C)O2)c1Cl. The third-order valence-electron chi connectivity index (χ3n) is 6.66. The summed E-state index contributed by atoms with van der Waals surface area (Å²) in [6.45, 7) is 9.88. The summed E-state index contributed by atoms with van der Waals surface area (Å²) < 4.78 is 13.5. The van der Waals surface area contributed by atoms with E-state index in [1.165, 1.54) is 19.3 Å². The van der Waals surface area contributed by atoms with E-state index in [0.29, 0.717) is 10.7 Å². The lowest BCUT2D eigenvalue weighted by Gasteiger charge is -2.32. The highest BCUT2D eigenvalue weighted by Gasteiger charge is 2.52. The van der Waals surface area contributed by atoms with Gasteiger partial charge in [-0.1, -0.05) is 41.9 Å². The molecule has 0 bridgehead atoms. The van der Waals surface area contributed by atoms with Gasteiger partial charge in [0.05, 0.1) is 11.2 Å². The molecule has 0 unspecified atom stereocenters. The number of carbonyl (C=O) groups is 1. The van der Waals surface area contributed by atoms with E-state index in [2.05, 4.69) is 10.4 Å². The maximum absolute atomic E-state index is 12.8. The Balaban J connectivity index is 1.69. The van der Waals surface area contributed by atoms with Crippen LogP contribution in [0.5, 0.6) is 0 Å². The average molecular weight is 480 g/mol. The lowest BCUT2D eigenvalue weighted by atomic mass is 9.77. The molecule has 2 heterocycles. The fourth-order valence-corrected chi connectivity index (χ4v) is 4.16. The Labute approximate surface area is 204 Å². The van der Waals surface area contributed by atoms with Crippen LogP contribution in [0.2, 0.25) is 5.02 Å². The zero-order valence-electron chi connectivity index (χ0n) is 20.1. The Hall–Kier alpha value is -2.94. The van der Waals surface area contributed by atoms with E-state index in [0.717, 1.165) is 26.8 Å². The Kier molecular flexibility index (Phi) is 6.18. The first kappa shape index (κ1) is 24.2. The molecular weight excluding hydrogens is 453 g/mol. The summed E-state index contributed by atoms with van der Waals surface area (Å²) in [7, 11) is 0.906. The molecule has 4 rings (SSSR count). The number of hydrogen-bond donors (Lipinski definition) is 1. The smallest absolute Gasteiger partial charge is 0.399 e. The van der Waals surface area contributed by atoms with Gasteiger partial charge in [0.15, 0.2) is 0 Å². The van der Waals surface area contributed by atoms with Crippen LogP contribution in [0.3, 0.4) is 0 Å². The number of halogens is 1. The van der Waals surface area contributed by atoms with Crippen LogP contribution in [0.4, 0.5) is 5.69 Å². The topological polar surface area (TPSA) is 82.5 Å². The van der Waals surface area contributed by atoms with Crippen LogP contribution in [0.1, 0.15) is 43.6 Å². The minimum absolute atomic E-state index is 0.0168. The first-order valence-electron chi connectivity index (χ1n) is 11.0. The zero-order valence-corrected chi connectivity index (χ0v) is 20.9. The van der Waals surface area contributed by atoms with E-state index in [1.807, 2.05) is 65.0 Å². The fraction of sp³-hybridized carbons (Fsp3) is 0.320. The van der Waals surface area contributed by atoms with Gasteiger partial charge in [-0.2, -0.15) is 5.10 Å². The summed E-state index contributed by atoms with van der Waals surface area (Å²) >= 11 is 6.88. The number of aryl methyl sites for hydroxylation is 1. The van der Waals surface area contributed by atoms with E-state index >= 15 is 0 Å². The number of hydrogen-bond acceptors (Lipinski definition) is 5. The molecule has 176 valence electrons. The molecule has 1 aromatic heterocycles. The summed E-state index contributed by atoms with van der Waals surface area (Å²) in [6.07, 6.45) is 1.42. The van der Waals surface area contributed by atoms with Gasteiger partial charge < -0.3 is 14.6 Å². The zero-order chi connectivity index (χ0) is 24.8. The highest BCUT2D eigenvalue weighted by molar-refractivity contribution is 6.66. The van der Waals surface area contributed by atoms with Gasteiger partial charge in [-0.25, -0.2) is 4.68 Å². The first-order chi connectivity index (χ1) is 15.9. The molecular formula is C25H27BClN3O4. The van der Waals surface area contributed by atoms with Crippen LogP contribution in [0, 0.1) is 6.92 Å². The normalized spacial score (nSPS) is 16.5. The number of amides is 1. The van der Waals surface area contributed by atoms with Gasteiger partial charge in [0, 0.05) is 35.0 Å². The Morgan fingerprint density at radius 3 is 2.32 bits per heavy atom. The molecule has 1 fully saturated rings. The molecule has 1 saturated heterocycles. The van der Waals surface area contributed by atoms with Gasteiger partial charge in [-0.3, -0.25) is 9.59 Å². The molecule has 1 aliphatic heterocycles. The van der Waals surface area contributed by atoms with Crippen molar-refractivity contribution in [3.63, 3.8) is 0 Å². The molecule has 0 spiro atoms. The van der Waals surface area contributed by atoms with E-state index in [1.54, 1.807) is 6.07 Å². The van der Waals surface area contributed by atoms with Crippen molar-refractivity contribution in [2.24, 2.45) is 7.05 Å². The van der Waals surface area contributed by atoms with Crippen molar-refractivity contribution in [1.82, 2.24) is 9.78 Å². The molecule has 0 atom stereocenters. The number of nitrogens with zero attached hydrogens (tertiary/aromatic N) is 2. The highest BCUT2D eigenvalue weighted by Crippen LogP contribution is 2.38. The van der Waals surface area contributed by atoms with E-state index < -0.39 is 29.8 Å². The molecule has 34 heavy (non-hydrogen) atoms. The average Bonchev–Trinajstić information content (AvgIpc) is 2.98. The number of aromatic nitrogens is 2. The third-order valence-corrected chi connectivity index (χ3v) is 7.08. The highest BCUT2D eigenvalue weighted by atomic mass is 35.5. The number of nitrogens with one attached hydrogen (secondary N) is 1. The van der Waals surface area contributed by atoms with Gasteiger partial charge in [0.1, 0.15) is 5.56 Å². The van der Waals surface area contributed by atoms with Gasteiger partial charge in [0.25, 0.3) is 11.5 Å². The van der Waals surface area contributed by atoms with Gasteiger partial charge in [0.2, 0.25) is 0 Å². The predicted octanol–water partition coefficient (Wildman–Crippen LogP) is 3.96. The maximum Gasteiger partial charge on any atom is 0.496 e. The van der Waals surface area contributed by atoms with Crippen molar-refractivity contribution in [3.05, 3.63) is 75.2 Å². The van der Waals surface area contributed by atoms with Crippen molar-refractivity contribution in [2.75, 3.05) is 5.32 Å². The van der Waals surface area contributed by atoms with Crippen molar-refractivity contribution >= 4 is 35.8 Å². The van der Waals surface area contributed by atoms with Crippen LogP contribution >= 0.6 is 11.6 Å². The van der Waals surface area contributed by atoms with Crippen molar-refractivity contribution in [2.45, 2.75) is 45.8 Å². The molecule has 1 aliphatic rings. The van der Waals surface area contributed by atoms with E-state index in [4.69, 9.17) is 20.9 Å². The number of rotatable bonds is 4. The molecule has 0 radical (unpaired) electrons. The second kappa shape index (κ2) is 8.69. The molecule has 1 amide bonds. The van der Waals surface area contributed by atoms with Crippen molar-refractivity contribution in [1.29, 1.82) is 0 Å².